The summed E-state index contributed by atoms with van der Waals surface area (Å²) < 4.78 is 56.4. The minimum atomic E-state index is -3.65. The number of piperidine rings is 1. The number of nitrogens with one attached hydrogen (secondary N) is 1. The number of methoxy groups -OCH3 is 1. The van der Waals surface area contributed by atoms with E-state index in [0.29, 0.717) is 38.1 Å². The van der Waals surface area contributed by atoms with E-state index < -0.39 is 19.9 Å². The molecule has 0 spiro atoms. The Bertz CT molecular complexity index is 815. The van der Waals surface area contributed by atoms with Gasteiger partial charge in [-0.1, -0.05) is 12.1 Å². The van der Waals surface area contributed by atoms with Gasteiger partial charge < -0.3 is 4.74 Å². The van der Waals surface area contributed by atoms with Crippen LogP contribution < -0.4 is 9.46 Å². The van der Waals surface area contributed by atoms with Crippen LogP contribution in [0.15, 0.2) is 29.2 Å². The molecule has 0 amide bonds. The monoisotopic (exact) mass is 388 g/mol. The van der Waals surface area contributed by atoms with E-state index in [0.717, 1.165) is 0 Å². The van der Waals surface area contributed by atoms with Gasteiger partial charge in [-0.05, 0) is 44.5 Å². The van der Waals surface area contributed by atoms with Gasteiger partial charge in [-0.3, -0.25) is 4.90 Å². The Morgan fingerprint density at radius 1 is 1.16 bits per heavy atom. The predicted octanol–water partition coefficient (Wildman–Crippen LogP) is 0.625. The fourth-order valence-corrected chi connectivity index (χ4v) is 6.81. The van der Waals surface area contributed by atoms with Gasteiger partial charge in [0.2, 0.25) is 10.0 Å². The number of likely N-dealkylation sites (tertiary alicyclic amines) is 1. The number of sulfone groups is 1. The minimum Gasteiger partial charge on any atom is -0.495 e. The van der Waals surface area contributed by atoms with Gasteiger partial charge in [0.25, 0.3) is 0 Å². The quantitative estimate of drug-likeness (QED) is 0.795. The number of sulfonamides is 1. The highest BCUT2D eigenvalue weighted by molar-refractivity contribution is 7.91. The maximum atomic E-state index is 12.6. The van der Waals surface area contributed by atoms with Crippen LogP contribution in [0.5, 0.6) is 5.75 Å². The summed E-state index contributed by atoms with van der Waals surface area (Å²) in [6, 6.07) is 6.48. The van der Waals surface area contributed by atoms with Crippen molar-refractivity contribution in [2.24, 2.45) is 0 Å². The first-order valence-electron chi connectivity index (χ1n) is 8.40. The first-order valence-corrected chi connectivity index (χ1v) is 11.7. The smallest absolute Gasteiger partial charge is 0.244 e. The van der Waals surface area contributed by atoms with E-state index in [4.69, 9.17) is 4.74 Å². The lowest BCUT2D eigenvalue weighted by Gasteiger charge is -2.35. The Balaban J connectivity index is 1.60. The van der Waals surface area contributed by atoms with Crippen LogP contribution in [-0.2, 0) is 19.9 Å². The molecule has 1 aromatic rings. The van der Waals surface area contributed by atoms with Crippen molar-refractivity contribution in [1.82, 2.24) is 9.62 Å². The van der Waals surface area contributed by atoms with Crippen molar-refractivity contribution in [3.63, 3.8) is 0 Å². The van der Waals surface area contributed by atoms with Crippen LogP contribution in [0.3, 0.4) is 0 Å². The van der Waals surface area contributed by atoms with Crippen molar-refractivity contribution >= 4 is 19.9 Å². The number of ether oxygens (including phenoxy) is 1. The number of para-hydroxylation sites is 1. The second kappa shape index (κ2) is 7.22. The Hall–Kier alpha value is -1.16. The topological polar surface area (TPSA) is 92.8 Å². The molecule has 2 saturated heterocycles. The molecule has 0 aliphatic carbocycles. The molecular formula is C16H24N2O5S2. The van der Waals surface area contributed by atoms with E-state index in [1.807, 2.05) is 0 Å². The van der Waals surface area contributed by atoms with Crippen LogP contribution in [0.25, 0.3) is 0 Å². The highest BCUT2D eigenvalue weighted by atomic mass is 32.2. The average molecular weight is 389 g/mol. The van der Waals surface area contributed by atoms with Gasteiger partial charge in [-0.25, -0.2) is 21.6 Å². The minimum absolute atomic E-state index is 0.0803. The fraction of sp³-hybridized carbons (Fsp3) is 0.625. The molecule has 0 aromatic heterocycles. The lowest BCUT2D eigenvalue weighted by Crippen LogP contribution is -2.48. The SMILES string of the molecule is COc1ccccc1S(=O)(=O)NC1CCN(C2CCS(=O)(=O)C2)CC1. The van der Waals surface area contributed by atoms with Gasteiger partial charge in [-0.2, -0.15) is 0 Å². The van der Waals surface area contributed by atoms with E-state index in [1.54, 1.807) is 18.2 Å². The third-order valence-corrected chi connectivity index (χ3v) is 8.25. The molecule has 1 unspecified atom stereocenters. The normalized spacial score (nSPS) is 25.1. The zero-order valence-corrected chi connectivity index (χ0v) is 15.9. The largest absolute Gasteiger partial charge is 0.495 e. The molecule has 2 aliphatic rings. The molecule has 2 heterocycles. The van der Waals surface area contributed by atoms with Crippen molar-refractivity contribution in [3.8, 4) is 5.75 Å². The number of benzene rings is 1. The van der Waals surface area contributed by atoms with E-state index in [2.05, 4.69) is 9.62 Å². The summed E-state index contributed by atoms with van der Waals surface area (Å²) in [6.45, 7) is 1.42. The zero-order chi connectivity index (χ0) is 18.1. The summed E-state index contributed by atoms with van der Waals surface area (Å²) in [4.78, 5) is 2.32. The number of nitrogens with zero attached hydrogens (tertiary/aromatic N) is 1. The predicted molar refractivity (Wildman–Crippen MR) is 95.0 cm³/mol. The summed E-state index contributed by atoms with van der Waals surface area (Å²) in [5, 5.41) is 0. The first kappa shape index (κ1) is 18.6. The molecule has 0 saturated carbocycles. The summed E-state index contributed by atoms with van der Waals surface area (Å²) in [5.41, 5.74) is 0. The van der Waals surface area contributed by atoms with Gasteiger partial charge in [0.15, 0.2) is 9.84 Å². The summed E-state index contributed by atoms with van der Waals surface area (Å²) in [6.07, 6.45) is 2.02. The Morgan fingerprint density at radius 3 is 2.44 bits per heavy atom. The molecular weight excluding hydrogens is 364 g/mol. The highest BCUT2D eigenvalue weighted by Gasteiger charge is 2.35. The molecule has 140 valence electrons. The Labute approximate surface area is 149 Å². The van der Waals surface area contributed by atoms with Crippen LogP contribution in [0, 0.1) is 0 Å². The molecule has 1 atom stereocenters. The Kier molecular flexibility index (Phi) is 5.38. The highest BCUT2D eigenvalue weighted by Crippen LogP contribution is 2.25. The molecule has 1 aromatic carbocycles. The second-order valence-corrected chi connectivity index (χ2v) is 10.6. The van der Waals surface area contributed by atoms with E-state index in [1.165, 1.54) is 13.2 Å². The third kappa shape index (κ3) is 4.33. The van der Waals surface area contributed by atoms with E-state index in [-0.39, 0.29) is 28.5 Å². The lowest BCUT2D eigenvalue weighted by molar-refractivity contribution is 0.161. The van der Waals surface area contributed by atoms with Crippen LogP contribution in [0.2, 0.25) is 0 Å². The van der Waals surface area contributed by atoms with Crippen molar-refractivity contribution in [2.75, 3.05) is 31.7 Å². The van der Waals surface area contributed by atoms with Crippen molar-refractivity contribution in [3.05, 3.63) is 24.3 Å². The molecule has 9 heteroatoms. The number of hydrogen-bond donors (Lipinski definition) is 1. The summed E-state index contributed by atoms with van der Waals surface area (Å²) in [7, 11) is -5.10. The van der Waals surface area contributed by atoms with Crippen LogP contribution in [0.1, 0.15) is 19.3 Å². The summed E-state index contributed by atoms with van der Waals surface area (Å²) in [5.74, 6) is 0.812. The molecule has 1 N–H and O–H groups in total. The van der Waals surface area contributed by atoms with Gasteiger partial charge in [0, 0.05) is 12.1 Å². The average Bonchev–Trinajstić information content (AvgIpc) is 2.95. The van der Waals surface area contributed by atoms with Crippen molar-refractivity contribution in [1.29, 1.82) is 0 Å². The maximum absolute atomic E-state index is 12.6. The van der Waals surface area contributed by atoms with Crippen LogP contribution in [-0.4, -0.2) is 65.5 Å². The van der Waals surface area contributed by atoms with E-state index >= 15 is 0 Å². The fourth-order valence-electron chi connectivity index (χ4n) is 3.57. The first-order chi connectivity index (χ1) is 11.8. The van der Waals surface area contributed by atoms with Crippen LogP contribution >= 0.6 is 0 Å². The van der Waals surface area contributed by atoms with Gasteiger partial charge in [-0.15, -0.1) is 0 Å². The number of hydrogen-bond acceptors (Lipinski definition) is 6. The van der Waals surface area contributed by atoms with Crippen molar-refractivity contribution in [2.45, 2.75) is 36.2 Å². The van der Waals surface area contributed by atoms with Crippen LogP contribution in [0.4, 0.5) is 0 Å². The Morgan fingerprint density at radius 2 is 1.84 bits per heavy atom. The van der Waals surface area contributed by atoms with E-state index in [9.17, 15) is 16.8 Å². The summed E-state index contributed by atoms with van der Waals surface area (Å²) >= 11 is 0. The standard InChI is InChI=1S/C16H24N2O5S2/c1-23-15-4-2-3-5-16(15)25(21,22)17-13-6-9-18(10-7-13)14-8-11-24(19,20)12-14/h2-5,13-14,17H,6-12H2,1H3. The molecule has 7 nitrogen and oxygen atoms in total. The van der Waals surface area contributed by atoms with Crippen molar-refractivity contribution < 1.29 is 21.6 Å². The van der Waals surface area contributed by atoms with Gasteiger partial charge >= 0.3 is 0 Å². The molecule has 25 heavy (non-hydrogen) atoms. The molecule has 3 rings (SSSR count). The molecule has 2 fully saturated rings. The number of rotatable bonds is 5. The molecule has 2 aliphatic heterocycles. The second-order valence-electron chi connectivity index (χ2n) is 6.64. The molecule has 0 radical (unpaired) electrons. The third-order valence-electron chi connectivity index (χ3n) is 4.93. The molecule has 0 bridgehead atoms. The van der Waals surface area contributed by atoms with Gasteiger partial charge in [0.05, 0.1) is 18.6 Å². The lowest BCUT2D eigenvalue weighted by atomic mass is 10.0. The van der Waals surface area contributed by atoms with Gasteiger partial charge in [0.1, 0.15) is 10.6 Å². The maximum Gasteiger partial charge on any atom is 0.244 e. The zero-order valence-electron chi connectivity index (χ0n) is 14.2.